The maximum Gasteiger partial charge on any atom is 0.309 e. The number of fused-ring (bicyclic) bond motifs is 1. The molecular weight excluding hydrogens is 268 g/mol. The van der Waals surface area contributed by atoms with Crippen molar-refractivity contribution in [3.05, 3.63) is 40.8 Å². The van der Waals surface area contributed by atoms with Crippen molar-refractivity contribution in [3.63, 3.8) is 0 Å². The maximum atomic E-state index is 12.2. The molecule has 1 heterocycles. The minimum absolute atomic E-state index is 0.0920. The van der Waals surface area contributed by atoms with Gasteiger partial charge in [0.05, 0.1) is 17.0 Å². The molecule has 0 spiro atoms. The number of benzene rings is 1. The van der Waals surface area contributed by atoms with E-state index in [2.05, 4.69) is 5.10 Å². The maximum absolute atomic E-state index is 12.2. The molecule has 0 fully saturated rings. The van der Waals surface area contributed by atoms with Crippen LogP contribution in [0.4, 0.5) is 0 Å². The second-order valence-corrected chi connectivity index (χ2v) is 5.91. The Balaban J connectivity index is 2.00. The first-order chi connectivity index (χ1) is 9.92. The van der Waals surface area contributed by atoms with Gasteiger partial charge in [0.2, 0.25) is 0 Å². The van der Waals surface area contributed by atoms with Gasteiger partial charge < -0.3 is 5.11 Å². The molecule has 0 aliphatic carbocycles. The predicted octanol–water partition coefficient (Wildman–Crippen LogP) is 2.68. The van der Waals surface area contributed by atoms with Gasteiger partial charge in [-0.15, -0.1) is 0 Å². The van der Waals surface area contributed by atoms with Crippen LogP contribution < -0.4 is 5.56 Å². The van der Waals surface area contributed by atoms with Crippen LogP contribution in [0, 0.1) is 5.41 Å². The van der Waals surface area contributed by atoms with Crippen LogP contribution >= 0.6 is 0 Å². The van der Waals surface area contributed by atoms with Crippen molar-refractivity contribution in [2.24, 2.45) is 5.41 Å². The van der Waals surface area contributed by atoms with E-state index in [0.717, 1.165) is 18.2 Å². The quantitative estimate of drug-likeness (QED) is 0.829. The van der Waals surface area contributed by atoms with E-state index in [0.29, 0.717) is 18.4 Å². The lowest BCUT2D eigenvalue weighted by atomic mass is 9.87. The van der Waals surface area contributed by atoms with Crippen molar-refractivity contribution < 1.29 is 9.90 Å². The summed E-state index contributed by atoms with van der Waals surface area (Å²) < 4.78 is 1.45. The van der Waals surface area contributed by atoms with Gasteiger partial charge in [-0.25, -0.2) is 4.68 Å². The van der Waals surface area contributed by atoms with E-state index >= 15 is 0 Å². The number of aromatic nitrogens is 2. The van der Waals surface area contributed by atoms with Gasteiger partial charge in [-0.2, -0.15) is 5.10 Å². The third-order valence-corrected chi connectivity index (χ3v) is 3.76. The van der Waals surface area contributed by atoms with Gasteiger partial charge in [0.25, 0.3) is 5.56 Å². The molecule has 0 atom stereocenters. The highest BCUT2D eigenvalue weighted by Crippen LogP contribution is 2.23. The molecule has 0 unspecified atom stereocenters. The van der Waals surface area contributed by atoms with E-state index in [1.165, 1.54) is 4.68 Å². The van der Waals surface area contributed by atoms with E-state index in [1.54, 1.807) is 26.1 Å². The predicted molar refractivity (Wildman–Crippen MR) is 81.3 cm³/mol. The molecule has 0 bridgehead atoms. The Kier molecular flexibility index (Phi) is 4.40. The zero-order valence-corrected chi connectivity index (χ0v) is 12.4. The molecule has 0 aliphatic rings. The average Bonchev–Trinajstić information content (AvgIpc) is 2.45. The molecule has 1 N–H and O–H groups in total. The highest BCUT2D eigenvalue weighted by Gasteiger charge is 2.25. The largest absolute Gasteiger partial charge is 0.481 e. The number of nitrogens with zero attached hydrogens (tertiary/aromatic N) is 2. The number of hydrogen-bond donors (Lipinski definition) is 1. The minimum atomic E-state index is -0.788. The van der Waals surface area contributed by atoms with Crippen LogP contribution in [0.2, 0.25) is 0 Å². The Labute approximate surface area is 123 Å². The van der Waals surface area contributed by atoms with E-state index in [1.807, 2.05) is 18.2 Å². The van der Waals surface area contributed by atoms with Crippen LogP contribution in [-0.4, -0.2) is 20.9 Å². The average molecular weight is 288 g/mol. The van der Waals surface area contributed by atoms with Gasteiger partial charge in [-0.05, 0) is 32.8 Å². The summed E-state index contributed by atoms with van der Waals surface area (Å²) in [5.41, 5.74) is -0.813. The summed E-state index contributed by atoms with van der Waals surface area (Å²) in [6.07, 6.45) is 3.77. The van der Waals surface area contributed by atoms with Crippen LogP contribution in [0.5, 0.6) is 0 Å². The van der Waals surface area contributed by atoms with Crippen molar-refractivity contribution in [2.75, 3.05) is 0 Å². The van der Waals surface area contributed by atoms with Gasteiger partial charge in [-0.3, -0.25) is 9.59 Å². The van der Waals surface area contributed by atoms with Gasteiger partial charge in [0.1, 0.15) is 0 Å². The number of rotatable bonds is 6. The van der Waals surface area contributed by atoms with E-state index in [-0.39, 0.29) is 5.56 Å². The third kappa shape index (κ3) is 3.48. The second-order valence-electron chi connectivity index (χ2n) is 5.91. The Hall–Kier alpha value is -2.17. The second kappa shape index (κ2) is 6.08. The fourth-order valence-electron chi connectivity index (χ4n) is 2.22. The van der Waals surface area contributed by atoms with Gasteiger partial charge in [0.15, 0.2) is 0 Å². The molecule has 1 aromatic heterocycles. The first-order valence-corrected chi connectivity index (χ1v) is 7.10. The molecule has 0 radical (unpaired) electrons. The molecule has 21 heavy (non-hydrogen) atoms. The zero-order chi connectivity index (χ0) is 15.5. The summed E-state index contributed by atoms with van der Waals surface area (Å²) in [4.78, 5) is 23.3. The molecule has 0 saturated carbocycles. The SMILES string of the molecule is CC(C)(CCCCn1ncc2ccccc2c1=O)C(=O)O. The smallest absolute Gasteiger partial charge is 0.309 e. The molecule has 0 saturated heterocycles. The lowest BCUT2D eigenvalue weighted by molar-refractivity contribution is -0.147. The number of aliphatic carboxylic acids is 1. The van der Waals surface area contributed by atoms with Crippen LogP contribution in [0.15, 0.2) is 35.3 Å². The number of carbonyl (C=O) groups is 1. The molecule has 2 aromatic rings. The van der Waals surface area contributed by atoms with Crippen molar-refractivity contribution in [1.82, 2.24) is 9.78 Å². The van der Waals surface area contributed by atoms with Gasteiger partial charge >= 0.3 is 5.97 Å². The minimum Gasteiger partial charge on any atom is -0.481 e. The summed E-state index contributed by atoms with van der Waals surface area (Å²) in [6, 6.07) is 7.37. The molecule has 2 rings (SSSR count). The Morgan fingerprint density at radius 2 is 2.00 bits per heavy atom. The highest BCUT2D eigenvalue weighted by atomic mass is 16.4. The molecule has 1 aromatic carbocycles. The summed E-state index contributed by atoms with van der Waals surface area (Å²) in [5.74, 6) is -0.788. The van der Waals surface area contributed by atoms with Crippen molar-refractivity contribution in [1.29, 1.82) is 0 Å². The molecule has 0 amide bonds. The molecule has 5 nitrogen and oxygen atoms in total. The lowest BCUT2D eigenvalue weighted by Crippen LogP contribution is -2.25. The van der Waals surface area contributed by atoms with E-state index in [4.69, 9.17) is 5.11 Å². The Bertz CT molecular complexity index is 704. The third-order valence-electron chi connectivity index (χ3n) is 3.76. The molecule has 112 valence electrons. The highest BCUT2D eigenvalue weighted by molar-refractivity contribution is 5.80. The topological polar surface area (TPSA) is 72.2 Å². The monoisotopic (exact) mass is 288 g/mol. The van der Waals surface area contributed by atoms with Crippen LogP contribution in [0.25, 0.3) is 10.8 Å². The summed E-state index contributed by atoms with van der Waals surface area (Å²) in [6.45, 7) is 3.95. The number of hydrogen-bond acceptors (Lipinski definition) is 3. The van der Waals surface area contributed by atoms with Crippen LogP contribution in [0.3, 0.4) is 0 Å². The number of unbranched alkanes of at least 4 members (excludes halogenated alkanes) is 1. The fourth-order valence-corrected chi connectivity index (χ4v) is 2.22. The van der Waals surface area contributed by atoms with Crippen molar-refractivity contribution in [3.8, 4) is 0 Å². The molecular formula is C16H20N2O3. The normalized spacial score (nSPS) is 11.7. The summed E-state index contributed by atoms with van der Waals surface area (Å²) in [5, 5.41) is 14.7. The molecule has 5 heteroatoms. The molecule has 0 aliphatic heterocycles. The van der Waals surface area contributed by atoms with E-state index < -0.39 is 11.4 Å². The number of carboxylic acid groups (broad SMARTS) is 1. The zero-order valence-electron chi connectivity index (χ0n) is 12.4. The standard InChI is InChI=1S/C16H20N2O3/c1-16(2,15(20)21)9-5-6-10-18-14(19)13-8-4-3-7-12(13)11-17-18/h3-4,7-8,11H,5-6,9-10H2,1-2H3,(H,20,21). The lowest BCUT2D eigenvalue weighted by Gasteiger charge is -2.18. The summed E-state index contributed by atoms with van der Waals surface area (Å²) in [7, 11) is 0. The first-order valence-electron chi connectivity index (χ1n) is 7.10. The van der Waals surface area contributed by atoms with Crippen LogP contribution in [-0.2, 0) is 11.3 Å². The summed E-state index contributed by atoms with van der Waals surface area (Å²) >= 11 is 0. The Morgan fingerprint density at radius 1 is 1.29 bits per heavy atom. The van der Waals surface area contributed by atoms with Crippen molar-refractivity contribution >= 4 is 16.7 Å². The fraction of sp³-hybridized carbons (Fsp3) is 0.438. The number of carboxylic acids is 1. The number of aryl methyl sites for hydroxylation is 1. The van der Waals surface area contributed by atoms with E-state index in [9.17, 15) is 9.59 Å². The van der Waals surface area contributed by atoms with Gasteiger partial charge in [0, 0.05) is 11.9 Å². The van der Waals surface area contributed by atoms with Crippen molar-refractivity contribution in [2.45, 2.75) is 39.7 Å². The van der Waals surface area contributed by atoms with Gasteiger partial charge in [-0.1, -0.05) is 24.6 Å². The van der Waals surface area contributed by atoms with Crippen LogP contribution in [0.1, 0.15) is 33.1 Å². The Morgan fingerprint density at radius 3 is 2.71 bits per heavy atom. The first kappa shape index (κ1) is 15.2.